The predicted molar refractivity (Wildman–Crippen MR) is 356 cm³/mol. The van der Waals surface area contributed by atoms with Crippen LogP contribution in [0.1, 0.15) is 106 Å². The minimum absolute atomic E-state index is 0.481. The van der Waals surface area contributed by atoms with Crippen molar-refractivity contribution >= 4 is 127 Å². The summed E-state index contributed by atoms with van der Waals surface area (Å²) in [6.07, 6.45) is 21.2. The first-order chi connectivity index (χ1) is 42.2. The molecule has 3 aliphatic carbocycles. The van der Waals surface area contributed by atoms with Crippen LogP contribution in [-0.4, -0.2) is 0 Å². The van der Waals surface area contributed by atoms with E-state index in [1.807, 2.05) is 0 Å². The van der Waals surface area contributed by atoms with Crippen molar-refractivity contribution in [2.24, 2.45) is 0 Å². The lowest BCUT2D eigenvalue weighted by molar-refractivity contribution is 0.442. The summed E-state index contributed by atoms with van der Waals surface area (Å²) in [6, 6.07) is 78.3. The minimum Gasteiger partial charge on any atom is -0.455 e. The highest BCUT2D eigenvalue weighted by atomic mass is 16.3. The van der Waals surface area contributed by atoms with Gasteiger partial charge in [0.25, 0.3) is 0 Å². The van der Waals surface area contributed by atoms with Crippen molar-refractivity contribution in [2.45, 2.75) is 88.9 Å². The first-order valence-electron chi connectivity index (χ1n) is 31.1. The minimum atomic E-state index is 0.481. The van der Waals surface area contributed by atoms with Crippen LogP contribution in [0.4, 0.5) is 34.1 Å². The summed E-state index contributed by atoms with van der Waals surface area (Å²) in [5.41, 5.74) is 19.2. The number of hydrogen-bond donors (Lipinski definition) is 0. The first-order valence-corrected chi connectivity index (χ1v) is 31.1. The van der Waals surface area contributed by atoms with Crippen LogP contribution in [0.2, 0.25) is 0 Å². The number of furan rings is 3. The Bertz CT molecular complexity index is 5000. The standard InChI is InChI=1S/C80H64N2O3/c1-5-25-51(26-6-1)55-33-17-19-45-69(55)81(71-47-23-43-65-63-41-21-39-57(75(63)84-79(65)71)53-29-9-3-10-30-53)73-49-67-68-50-74(60-36-14-16-38-62(60)78(68)83-77(67)61-37-15-13-35-59(61)73)82(70-46-20-18-34-56(70)52-27-7-2-8-28-52)72-48-24-44-66-64-42-22-40-58(76(64)85-80(66)72)54-31-11-4-12-32-54/h1-2,5-7,13-27,33-50,53-54H,3-4,8-12,28-32H2. The molecule has 17 rings (SSSR count). The molecular weight excluding hydrogens is 1040 g/mol. The van der Waals surface area contributed by atoms with Gasteiger partial charge >= 0.3 is 0 Å². The van der Waals surface area contributed by atoms with Gasteiger partial charge in [0.15, 0.2) is 11.2 Å². The van der Waals surface area contributed by atoms with Crippen LogP contribution in [-0.2, 0) is 0 Å². The van der Waals surface area contributed by atoms with Gasteiger partial charge in [-0.05, 0) is 109 Å². The quantitative estimate of drug-likeness (QED) is 0.137. The molecule has 2 saturated carbocycles. The highest BCUT2D eigenvalue weighted by Crippen LogP contribution is 2.54. The molecule has 0 N–H and O–H groups in total. The summed E-state index contributed by atoms with van der Waals surface area (Å²) in [4.78, 5) is 4.99. The average molecular weight is 1100 g/mol. The molecule has 0 unspecified atom stereocenters. The van der Waals surface area contributed by atoms with E-state index in [0.29, 0.717) is 11.8 Å². The molecule has 0 spiro atoms. The molecule has 5 nitrogen and oxygen atoms in total. The largest absolute Gasteiger partial charge is 0.455 e. The van der Waals surface area contributed by atoms with E-state index < -0.39 is 0 Å². The van der Waals surface area contributed by atoms with Gasteiger partial charge in [0.05, 0.1) is 34.1 Å². The van der Waals surface area contributed by atoms with Gasteiger partial charge in [-0.15, -0.1) is 0 Å². The van der Waals surface area contributed by atoms with E-state index in [4.69, 9.17) is 13.3 Å². The van der Waals surface area contributed by atoms with Crippen molar-refractivity contribution in [2.75, 3.05) is 9.80 Å². The summed E-state index contributed by atoms with van der Waals surface area (Å²) in [6.45, 7) is 0. The average Bonchev–Trinajstić information content (AvgIpc) is 2.81. The SMILES string of the molecule is C1=CCCC(c2ccccc2N(c2cc3c4cc(N(c5ccccc5-c5ccccc5)c5cccc6c5oc5c(C7CCCCC7)cccc56)c5ccccc5c4oc3c3ccccc23)c2cccc3c2oc2c(C4CCCCC4)cccc23)=C1. The Hall–Kier alpha value is -9.58. The Labute approximate surface area is 494 Å². The summed E-state index contributed by atoms with van der Waals surface area (Å²) in [7, 11) is 0. The number of allylic oxidation sites excluding steroid dienone is 4. The molecule has 3 aromatic heterocycles. The molecular formula is C80H64N2O3. The van der Waals surface area contributed by atoms with Crippen LogP contribution in [0.15, 0.2) is 244 Å². The third-order valence-corrected chi connectivity index (χ3v) is 19.3. The molecule has 0 aliphatic heterocycles. The Morgan fingerprint density at radius 3 is 1.22 bits per heavy atom. The van der Waals surface area contributed by atoms with Crippen molar-refractivity contribution in [3.8, 4) is 11.1 Å². The highest BCUT2D eigenvalue weighted by molar-refractivity contribution is 6.26. The fraction of sp³-hybridized carbons (Fsp3) is 0.175. The van der Waals surface area contributed by atoms with Gasteiger partial charge < -0.3 is 23.1 Å². The molecule has 14 aromatic rings. The zero-order valence-corrected chi connectivity index (χ0v) is 47.7. The molecule has 412 valence electrons. The topological polar surface area (TPSA) is 45.9 Å². The fourth-order valence-electron chi connectivity index (χ4n) is 15.3. The number of anilines is 6. The smallest absolute Gasteiger partial charge is 0.159 e. The molecule has 3 aliphatic rings. The molecule has 2 fully saturated rings. The Balaban J connectivity index is 0.956. The molecule has 11 aromatic carbocycles. The van der Waals surface area contributed by atoms with Crippen molar-refractivity contribution in [1.29, 1.82) is 0 Å². The van der Waals surface area contributed by atoms with Crippen LogP contribution < -0.4 is 9.80 Å². The predicted octanol–water partition coefficient (Wildman–Crippen LogP) is 24.1. The number of rotatable bonds is 10. The zero-order chi connectivity index (χ0) is 56.0. The number of fused-ring (bicyclic) bond motifs is 13. The van der Waals surface area contributed by atoms with Gasteiger partial charge in [0.1, 0.15) is 22.3 Å². The zero-order valence-electron chi connectivity index (χ0n) is 47.7. The molecule has 0 atom stereocenters. The molecule has 0 radical (unpaired) electrons. The lowest BCUT2D eigenvalue weighted by atomic mass is 9.83. The van der Waals surface area contributed by atoms with Crippen LogP contribution in [0.25, 0.3) is 104 Å². The van der Waals surface area contributed by atoms with Crippen molar-refractivity contribution in [1.82, 2.24) is 0 Å². The molecule has 0 amide bonds. The lowest BCUT2D eigenvalue weighted by Crippen LogP contribution is -2.13. The molecule has 0 bridgehead atoms. The maximum absolute atomic E-state index is 7.45. The second-order valence-electron chi connectivity index (χ2n) is 24.1. The third-order valence-electron chi connectivity index (χ3n) is 19.3. The van der Waals surface area contributed by atoms with Gasteiger partial charge in [-0.25, -0.2) is 0 Å². The third kappa shape index (κ3) is 8.18. The maximum Gasteiger partial charge on any atom is 0.159 e. The van der Waals surface area contributed by atoms with E-state index in [1.165, 1.54) is 97.2 Å². The van der Waals surface area contributed by atoms with Crippen LogP contribution in [0.3, 0.4) is 0 Å². The van der Waals surface area contributed by atoms with Crippen LogP contribution >= 0.6 is 0 Å². The number of hydrogen-bond acceptors (Lipinski definition) is 5. The Morgan fingerprint density at radius 1 is 0.306 bits per heavy atom. The summed E-state index contributed by atoms with van der Waals surface area (Å²) in [5, 5.41) is 10.9. The fourth-order valence-corrected chi connectivity index (χ4v) is 15.3. The van der Waals surface area contributed by atoms with E-state index in [-0.39, 0.29) is 0 Å². The number of para-hydroxylation sites is 6. The Kier molecular flexibility index (Phi) is 12.1. The van der Waals surface area contributed by atoms with Crippen molar-refractivity contribution in [3.05, 3.63) is 247 Å². The highest BCUT2D eigenvalue weighted by Gasteiger charge is 2.31. The summed E-state index contributed by atoms with van der Waals surface area (Å²) in [5.74, 6) is 0.967. The van der Waals surface area contributed by atoms with Crippen LogP contribution in [0, 0.1) is 0 Å². The van der Waals surface area contributed by atoms with Gasteiger partial charge in [0, 0.05) is 65.0 Å². The van der Waals surface area contributed by atoms with E-state index in [9.17, 15) is 0 Å². The van der Waals surface area contributed by atoms with E-state index in [2.05, 4.69) is 240 Å². The second kappa shape index (κ2) is 20.6. The molecule has 3 heterocycles. The van der Waals surface area contributed by atoms with Crippen molar-refractivity contribution in [3.63, 3.8) is 0 Å². The molecule has 5 heteroatoms. The van der Waals surface area contributed by atoms with Gasteiger partial charge in [-0.2, -0.15) is 0 Å². The van der Waals surface area contributed by atoms with Gasteiger partial charge in [-0.3, -0.25) is 0 Å². The molecule has 0 saturated heterocycles. The normalized spacial score (nSPS) is 15.4. The van der Waals surface area contributed by atoms with Gasteiger partial charge in [-0.1, -0.05) is 233 Å². The number of benzene rings is 11. The summed E-state index contributed by atoms with van der Waals surface area (Å²) >= 11 is 0. The van der Waals surface area contributed by atoms with Crippen molar-refractivity contribution < 1.29 is 13.3 Å². The monoisotopic (exact) mass is 1100 g/mol. The first kappa shape index (κ1) is 50.0. The second-order valence-corrected chi connectivity index (χ2v) is 24.1. The Morgan fingerprint density at radius 2 is 0.706 bits per heavy atom. The number of nitrogens with zero attached hydrogens (tertiary/aromatic N) is 2. The summed E-state index contributed by atoms with van der Waals surface area (Å²) < 4.78 is 22.3. The van der Waals surface area contributed by atoms with E-state index >= 15 is 0 Å². The lowest BCUT2D eigenvalue weighted by Gasteiger charge is -2.30. The maximum atomic E-state index is 7.45. The van der Waals surface area contributed by atoms with E-state index in [1.54, 1.807) is 0 Å². The van der Waals surface area contributed by atoms with Crippen LogP contribution in [0.5, 0.6) is 0 Å². The van der Waals surface area contributed by atoms with Gasteiger partial charge in [0.2, 0.25) is 0 Å². The van der Waals surface area contributed by atoms with E-state index in [0.717, 1.165) is 135 Å². The molecule has 85 heavy (non-hydrogen) atoms.